The lowest BCUT2D eigenvalue weighted by Gasteiger charge is -1.98. The molecule has 0 atom stereocenters. The fourth-order valence-corrected chi connectivity index (χ4v) is 2.19. The van der Waals surface area contributed by atoms with Gasteiger partial charge in [0.25, 0.3) is 0 Å². The molecule has 0 spiro atoms. The minimum absolute atomic E-state index is 0.848. The molecule has 0 N–H and O–H groups in total. The van der Waals surface area contributed by atoms with E-state index in [9.17, 15) is 0 Å². The molecule has 110 valence electrons. The standard InChI is InChI=1S/C14H24N6/c1-17-9-10-18(2)13(17)15-7-5-6-8-16-14-19(3)11-12-20(14)4/h9-12H,5-8H2,1-4H3. The maximum Gasteiger partial charge on any atom is 0.204 e. The van der Waals surface area contributed by atoms with Gasteiger partial charge in [-0.05, 0) is 12.8 Å². The molecule has 6 heteroatoms. The van der Waals surface area contributed by atoms with Gasteiger partial charge in [0.1, 0.15) is 0 Å². The fraction of sp³-hybridized carbons (Fsp3) is 0.571. The molecule has 0 saturated carbocycles. The zero-order valence-electron chi connectivity index (χ0n) is 12.8. The topological polar surface area (TPSA) is 44.4 Å². The van der Waals surface area contributed by atoms with Crippen LogP contribution in [-0.4, -0.2) is 31.4 Å². The molecular weight excluding hydrogens is 252 g/mol. The summed E-state index contributed by atoms with van der Waals surface area (Å²) >= 11 is 0. The summed E-state index contributed by atoms with van der Waals surface area (Å²) in [6.07, 6.45) is 10.2. The number of aromatic nitrogens is 4. The SMILES string of the molecule is Cn1ccn(C)c1=NCCCCN=c1n(C)ccn1C. The number of hydrogen-bond donors (Lipinski definition) is 0. The summed E-state index contributed by atoms with van der Waals surface area (Å²) in [6, 6.07) is 0. The van der Waals surface area contributed by atoms with Gasteiger partial charge in [0.2, 0.25) is 11.2 Å². The van der Waals surface area contributed by atoms with Crippen molar-refractivity contribution < 1.29 is 0 Å². The number of hydrogen-bond acceptors (Lipinski definition) is 2. The number of rotatable bonds is 5. The van der Waals surface area contributed by atoms with E-state index in [2.05, 4.69) is 9.98 Å². The molecule has 2 aromatic heterocycles. The highest BCUT2D eigenvalue weighted by Crippen LogP contribution is 1.90. The molecule has 0 amide bonds. The van der Waals surface area contributed by atoms with Crippen LogP contribution in [0.5, 0.6) is 0 Å². The molecule has 2 aromatic rings. The number of nitrogens with zero attached hydrogens (tertiary/aromatic N) is 6. The van der Waals surface area contributed by atoms with E-state index in [1.165, 1.54) is 0 Å². The molecule has 0 unspecified atom stereocenters. The fourth-order valence-electron chi connectivity index (χ4n) is 2.19. The highest BCUT2D eigenvalue weighted by molar-refractivity contribution is 4.78. The average molecular weight is 276 g/mol. The Hall–Kier alpha value is -1.98. The van der Waals surface area contributed by atoms with E-state index in [4.69, 9.17) is 0 Å². The Morgan fingerprint density at radius 2 is 0.950 bits per heavy atom. The van der Waals surface area contributed by atoms with Crippen LogP contribution >= 0.6 is 0 Å². The van der Waals surface area contributed by atoms with Crippen molar-refractivity contribution in [3.05, 3.63) is 36.0 Å². The van der Waals surface area contributed by atoms with Gasteiger partial charge in [0.15, 0.2) is 0 Å². The Morgan fingerprint density at radius 3 is 1.25 bits per heavy atom. The maximum atomic E-state index is 4.61. The summed E-state index contributed by atoms with van der Waals surface area (Å²) in [5.41, 5.74) is 2.02. The first-order valence-electron chi connectivity index (χ1n) is 6.96. The molecule has 6 nitrogen and oxygen atoms in total. The Balaban J connectivity index is 1.84. The van der Waals surface area contributed by atoms with Crippen molar-refractivity contribution in [1.82, 2.24) is 18.3 Å². The summed E-state index contributed by atoms with van der Waals surface area (Å²) < 4.78 is 8.14. The first kappa shape index (κ1) is 14.4. The summed E-state index contributed by atoms with van der Waals surface area (Å²) in [6.45, 7) is 1.70. The van der Waals surface area contributed by atoms with Gasteiger partial charge in [-0.1, -0.05) is 0 Å². The molecular formula is C14H24N6. The molecule has 0 aliphatic carbocycles. The molecule has 20 heavy (non-hydrogen) atoms. The Kier molecular flexibility index (Phi) is 4.65. The third-order valence-corrected chi connectivity index (χ3v) is 3.36. The van der Waals surface area contributed by atoms with Crippen molar-refractivity contribution in [3.8, 4) is 0 Å². The minimum atomic E-state index is 0.848. The highest BCUT2D eigenvalue weighted by Gasteiger charge is 1.94. The van der Waals surface area contributed by atoms with Crippen molar-refractivity contribution >= 4 is 0 Å². The van der Waals surface area contributed by atoms with E-state index in [0.717, 1.165) is 37.2 Å². The lowest BCUT2D eigenvalue weighted by Crippen LogP contribution is -2.22. The van der Waals surface area contributed by atoms with Crippen molar-refractivity contribution in [2.75, 3.05) is 13.1 Å². The van der Waals surface area contributed by atoms with Crippen molar-refractivity contribution in [2.24, 2.45) is 38.2 Å². The molecule has 0 fully saturated rings. The van der Waals surface area contributed by atoms with Crippen LogP contribution in [0.15, 0.2) is 34.8 Å². The summed E-state index contributed by atoms with van der Waals surface area (Å²) in [5, 5.41) is 0. The van der Waals surface area contributed by atoms with Gasteiger partial charge in [-0.3, -0.25) is 9.98 Å². The second-order valence-electron chi connectivity index (χ2n) is 5.11. The second-order valence-corrected chi connectivity index (χ2v) is 5.11. The lowest BCUT2D eigenvalue weighted by molar-refractivity contribution is 0.663. The maximum absolute atomic E-state index is 4.61. The van der Waals surface area contributed by atoms with Crippen LogP contribution in [0.4, 0.5) is 0 Å². The third kappa shape index (κ3) is 3.31. The lowest BCUT2D eigenvalue weighted by atomic mass is 10.3. The average Bonchev–Trinajstić information content (AvgIpc) is 2.90. The summed E-state index contributed by atoms with van der Waals surface area (Å²) in [4.78, 5) is 9.22. The van der Waals surface area contributed by atoms with E-state index >= 15 is 0 Å². The number of aryl methyl sites for hydroxylation is 4. The van der Waals surface area contributed by atoms with Crippen LogP contribution < -0.4 is 11.2 Å². The molecule has 2 rings (SSSR count). The van der Waals surface area contributed by atoms with Gasteiger partial charge < -0.3 is 18.3 Å². The van der Waals surface area contributed by atoms with Gasteiger partial charge in [-0.25, -0.2) is 0 Å². The van der Waals surface area contributed by atoms with Crippen molar-refractivity contribution in [3.63, 3.8) is 0 Å². The first-order chi connectivity index (χ1) is 9.59. The van der Waals surface area contributed by atoms with Crippen molar-refractivity contribution in [2.45, 2.75) is 12.8 Å². The van der Waals surface area contributed by atoms with Gasteiger partial charge in [-0.2, -0.15) is 0 Å². The van der Waals surface area contributed by atoms with Crippen LogP contribution in [0.2, 0.25) is 0 Å². The molecule has 0 aliphatic rings. The zero-order valence-corrected chi connectivity index (χ0v) is 12.8. The Labute approximate surface area is 119 Å². The van der Waals surface area contributed by atoms with Gasteiger partial charge in [-0.15, -0.1) is 0 Å². The van der Waals surface area contributed by atoms with Crippen LogP contribution in [0.25, 0.3) is 0 Å². The molecule has 0 radical (unpaired) electrons. The molecule has 2 heterocycles. The minimum Gasteiger partial charge on any atom is -0.321 e. The van der Waals surface area contributed by atoms with Gasteiger partial charge in [0, 0.05) is 66.1 Å². The van der Waals surface area contributed by atoms with E-state index < -0.39 is 0 Å². The molecule has 0 saturated heterocycles. The smallest absolute Gasteiger partial charge is 0.204 e. The summed E-state index contributed by atoms with van der Waals surface area (Å²) in [5.74, 6) is 0. The van der Waals surface area contributed by atoms with E-state index in [1.807, 2.05) is 71.2 Å². The van der Waals surface area contributed by atoms with E-state index in [0.29, 0.717) is 0 Å². The van der Waals surface area contributed by atoms with E-state index in [-0.39, 0.29) is 0 Å². The Morgan fingerprint density at radius 1 is 0.650 bits per heavy atom. The van der Waals surface area contributed by atoms with Crippen LogP contribution in [0.1, 0.15) is 12.8 Å². The van der Waals surface area contributed by atoms with Gasteiger partial charge >= 0.3 is 0 Å². The van der Waals surface area contributed by atoms with E-state index in [1.54, 1.807) is 0 Å². The first-order valence-corrected chi connectivity index (χ1v) is 6.96. The van der Waals surface area contributed by atoms with Crippen LogP contribution in [-0.2, 0) is 28.2 Å². The molecule has 0 bridgehead atoms. The Bertz CT molecular complexity index is 574. The monoisotopic (exact) mass is 276 g/mol. The summed E-state index contributed by atoms with van der Waals surface area (Å²) in [7, 11) is 8.07. The largest absolute Gasteiger partial charge is 0.321 e. The third-order valence-electron chi connectivity index (χ3n) is 3.36. The highest BCUT2D eigenvalue weighted by atomic mass is 15.2. The predicted molar refractivity (Wildman–Crippen MR) is 78.9 cm³/mol. The number of imidazole rings is 2. The van der Waals surface area contributed by atoms with Crippen molar-refractivity contribution in [1.29, 1.82) is 0 Å². The molecule has 0 aromatic carbocycles. The quantitative estimate of drug-likeness (QED) is 0.706. The van der Waals surface area contributed by atoms with Gasteiger partial charge in [0.05, 0.1) is 0 Å². The predicted octanol–water partition coefficient (Wildman–Crippen LogP) is 0.322. The van der Waals surface area contributed by atoms with Crippen LogP contribution in [0, 0.1) is 0 Å². The normalized spacial score (nSPS) is 10.8. The van der Waals surface area contributed by atoms with Crippen LogP contribution in [0.3, 0.4) is 0 Å². The second kappa shape index (κ2) is 6.45. The molecule has 0 aliphatic heterocycles. The zero-order chi connectivity index (χ0) is 14.5. The number of unbranched alkanes of at least 4 members (excludes halogenated alkanes) is 1.